The summed E-state index contributed by atoms with van der Waals surface area (Å²) in [4.78, 5) is 16.9. The van der Waals surface area contributed by atoms with Gasteiger partial charge < -0.3 is 9.32 Å². The Morgan fingerprint density at radius 3 is 2.47 bits per heavy atom. The molecular formula is C15H22N2O2. The van der Waals surface area contributed by atoms with Crippen molar-refractivity contribution in [3.63, 3.8) is 0 Å². The van der Waals surface area contributed by atoms with E-state index in [0.717, 1.165) is 38.0 Å². The molecule has 1 aliphatic carbocycles. The number of aryl methyl sites for hydroxylation is 1. The summed E-state index contributed by atoms with van der Waals surface area (Å²) < 4.78 is 5.22. The molecule has 19 heavy (non-hydrogen) atoms. The minimum atomic E-state index is 0.123. The molecule has 104 valence electrons. The zero-order valence-corrected chi connectivity index (χ0v) is 11.6. The van der Waals surface area contributed by atoms with Gasteiger partial charge >= 0.3 is 0 Å². The van der Waals surface area contributed by atoms with E-state index in [1.54, 1.807) is 12.3 Å². The molecule has 4 heteroatoms. The van der Waals surface area contributed by atoms with Crippen LogP contribution in [0.15, 0.2) is 16.7 Å². The van der Waals surface area contributed by atoms with Crippen LogP contribution >= 0.6 is 0 Å². The molecule has 0 atom stereocenters. The third-order valence-corrected chi connectivity index (χ3v) is 4.53. The van der Waals surface area contributed by atoms with Crippen molar-refractivity contribution in [2.45, 2.75) is 38.6 Å². The highest BCUT2D eigenvalue weighted by Gasteiger charge is 2.28. The van der Waals surface area contributed by atoms with Crippen molar-refractivity contribution >= 4 is 5.91 Å². The first-order chi connectivity index (χ1) is 9.25. The van der Waals surface area contributed by atoms with Gasteiger partial charge in [-0.3, -0.25) is 9.69 Å². The Bertz CT molecular complexity index is 441. The third-order valence-electron chi connectivity index (χ3n) is 4.53. The number of carbonyl (C=O) groups excluding carboxylic acids is 1. The highest BCUT2D eigenvalue weighted by atomic mass is 16.3. The van der Waals surface area contributed by atoms with Crippen LogP contribution in [0.5, 0.6) is 0 Å². The smallest absolute Gasteiger partial charge is 0.257 e. The monoisotopic (exact) mass is 262 g/mol. The Hall–Kier alpha value is -1.29. The Morgan fingerprint density at radius 2 is 1.89 bits per heavy atom. The molecule has 0 bridgehead atoms. The topological polar surface area (TPSA) is 36.7 Å². The van der Waals surface area contributed by atoms with Gasteiger partial charge in [0.15, 0.2) is 0 Å². The quantitative estimate of drug-likeness (QED) is 0.820. The number of nitrogens with zero attached hydrogens (tertiary/aromatic N) is 2. The molecule has 1 aromatic rings. The van der Waals surface area contributed by atoms with E-state index in [9.17, 15) is 4.79 Å². The third kappa shape index (κ3) is 2.54. The predicted octanol–water partition coefficient (Wildman–Crippen LogP) is 2.29. The van der Waals surface area contributed by atoms with Crippen molar-refractivity contribution in [3.8, 4) is 0 Å². The second kappa shape index (κ2) is 5.37. The van der Waals surface area contributed by atoms with Crippen molar-refractivity contribution in [2.75, 3.05) is 26.2 Å². The molecule has 1 saturated heterocycles. The van der Waals surface area contributed by atoms with Gasteiger partial charge in [-0.25, -0.2) is 0 Å². The van der Waals surface area contributed by atoms with Crippen LogP contribution in [0.4, 0.5) is 0 Å². The van der Waals surface area contributed by atoms with Gasteiger partial charge in [-0.1, -0.05) is 12.8 Å². The van der Waals surface area contributed by atoms with E-state index < -0.39 is 0 Å². The number of amides is 1. The molecule has 1 amide bonds. The lowest BCUT2D eigenvalue weighted by molar-refractivity contribution is 0.0572. The Balaban J connectivity index is 1.58. The van der Waals surface area contributed by atoms with Crippen molar-refractivity contribution in [3.05, 3.63) is 23.7 Å². The lowest BCUT2D eigenvalue weighted by Gasteiger charge is -2.38. The summed E-state index contributed by atoms with van der Waals surface area (Å²) in [5, 5.41) is 0. The van der Waals surface area contributed by atoms with E-state index in [-0.39, 0.29) is 5.91 Å². The fraction of sp³-hybridized carbons (Fsp3) is 0.667. The molecule has 3 rings (SSSR count). The molecule has 0 spiro atoms. The highest BCUT2D eigenvalue weighted by molar-refractivity contribution is 5.95. The summed E-state index contributed by atoms with van der Waals surface area (Å²) in [5.41, 5.74) is 0.717. The lowest BCUT2D eigenvalue weighted by Crippen LogP contribution is -2.51. The summed E-state index contributed by atoms with van der Waals surface area (Å²) in [6.07, 6.45) is 7.02. The van der Waals surface area contributed by atoms with Crippen LogP contribution < -0.4 is 0 Å². The van der Waals surface area contributed by atoms with Crippen molar-refractivity contribution in [1.82, 2.24) is 9.80 Å². The van der Waals surface area contributed by atoms with E-state index in [4.69, 9.17) is 4.42 Å². The maximum absolute atomic E-state index is 12.4. The first-order valence-corrected chi connectivity index (χ1v) is 7.33. The number of hydrogen-bond acceptors (Lipinski definition) is 3. The first-order valence-electron chi connectivity index (χ1n) is 7.33. The summed E-state index contributed by atoms with van der Waals surface area (Å²) in [7, 11) is 0. The van der Waals surface area contributed by atoms with E-state index in [1.807, 2.05) is 11.8 Å². The molecule has 0 N–H and O–H groups in total. The van der Waals surface area contributed by atoms with Gasteiger partial charge in [0.2, 0.25) is 0 Å². The Labute approximate surface area is 114 Å². The number of carbonyl (C=O) groups is 1. The zero-order valence-electron chi connectivity index (χ0n) is 11.6. The molecule has 2 heterocycles. The van der Waals surface area contributed by atoms with Gasteiger partial charge in [0.25, 0.3) is 5.91 Å². The first kappa shape index (κ1) is 12.7. The van der Waals surface area contributed by atoms with Crippen LogP contribution in [0.3, 0.4) is 0 Å². The molecule has 0 aromatic carbocycles. The SMILES string of the molecule is Cc1occc1C(=O)N1CCN(C2CCCC2)CC1. The Kier molecular flexibility index (Phi) is 3.60. The molecule has 1 saturated carbocycles. The fourth-order valence-electron chi connectivity index (χ4n) is 3.34. The summed E-state index contributed by atoms with van der Waals surface area (Å²) in [6, 6.07) is 2.55. The van der Waals surface area contributed by atoms with Crippen LogP contribution in [-0.2, 0) is 0 Å². The van der Waals surface area contributed by atoms with Gasteiger partial charge in [0, 0.05) is 32.2 Å². The van der Waals surface area contributed by atoms with Crippen molar-refractivity contribution in [2.24, 2.45) is 0 Å². The molecule has 1 aromatic heterocycles. The van der Waals surface area contributed by atoms with Gasteiger partial charge in [-0.2, -0.15) is 0 Å². The minimum Gasteiger partial charge on any atom is -0.469 e. The minimum absolute atomic E-state index is 0.123. The normalized spacial score (nSPS) is 22.1. The standard InChI is InChI=1S/C15H22N2O2/c1-12-14(6-11-19-12)15(18)17-9-7-16(8-10-17)13-4-2-3-5-13/h6,11,13H,2-5,7-10H2,1H3. The largest absolute Gasteiger partial charge is 0.469 e. The number of furan rings is 1. The maximum Gasteiger partial charge on any atom is 0.257 e. The number of piperazine rings is 1. The van der Waals surface area contributed by atoms with Crippen LogP contribution in [0.2, 0.25) is 0 Å². The predicted molar refractivity (Wildman–Crippen MR) is 73.2 cm³/mol. The van der Waals surface area contributed by atoms with Crippen molar-refractivity contribution in [1.29, 1.82) is 0 Å². The van der Waals surface area contributed by atoms with Crippen LogP contribution in [-0.4, -0.2) is 47.9 Å². The molecule has 2 fully saturated rings. The van der Waals surface area contributed by atoms with Gasteiger partial charge in [0.1, 0.15) is 5.76 Å². The summed E-state index contributed by atoms with van der Waals surface area (Å²) >= 11 is 0. The summed E-state index contributed by atoms with van der Waals surface area (Å²) in [6.45, 7) is 5.59. The van der Waals surface area contributed by atoms with E-state index in [0.29, 0.717) is 5.56 Å². The molecule has 0 radical (unpaired) electrons. The van der Waals surface area contributed by atoms with Gasteiger partial charge in [-0.15, -0.1) is 0 Å². The second-order valence-corrected chi connectivity index (χ2v) is 5.66. The summed E-state index contributed by atoms with van der Waals surface area (Å²) in [5.74, 6) is 0.848. The van der Waals surface area contributed by atoms with Crippen molar-refractivity contribution < 1.29 is 9.21 Å². The van der Waals surface area contributed by atoms with Crippen LogP contribution in [0.25, 0.3) is 0 Å². The second-order valence-electron chi connectivity index (χ2n) is 5.66. The lowest BCUT2D eigenvalue weighted by atomic mass is 10.1. The molecule has 0 unspecified atom stereocenters. The fourth-order valence-corrected chi connectivity index (χ4v) is 3.34. The average molecular weight is 262 g/mol. The molecule has 1 aliphatic heterocycles. The van der Waals surface area contributed by atoms with Gasteiger partial charge in [0.05, 0.1) is 11.8 Å². The molecule has 4 nitrogen and oxygen atoms in total. The zero-order chi connectivity index (χ0) is 13.2. The van der Waals surface area contributed by atoms with E-state index >= 15 is 0 Å². The molecular weight excluding hydrogens is 240 g/mol. The number of hydrogen-bond donors (Lipinski definition) is 0. The van der Waals surface area contributed by atoms with Gasteiger partial charge in [-0.05, 0) is 25.8 Å². The van der Waals surface area contributed by atoms with E-state index in [2.05, 4.69) is 4.90 Å². The van der Waals surface area contributed by atoms with E-state index in [1.165, 1.54) is 25.7 Å². The maximum atomic E-state index is 12.4. The molecule has 2 aliphatic rings. The van der Waals surface area contributed by atoms with Crippen LogP contribution in [0, 0.1) is 6.92 Å². The Morgan fingerprint density at radius 1 is 1.21 bits per heavy atom. The van der Waals surface area contributed by atoms with Crippen LogP contribution in [0.1, 0.15) is 41.8 Å². The average Bonchev–Trinajstić information content (AvgIpc) is 3.09. The highest BCUT2D eigenvalue weighted by Crippen LogP contribution is 2.24. The number of rotatable bonds is 2.